The van der Waals surface area contributed by atoms with Crippen molar-refractivity contribution in [3.63, 3.8) is 0 Å². The predicted octanol–water partition coefficient (Wildman–Crippen LogP) is 4.73. The van der Waals surface area contributed by atoms with Crippen molar-refractivity contribution in [2.24, 2.45) is 0 Å². The van der Waals surface area contributed by atoms with Gasteiger partial charge in [-0.15, -0.1) is 11.3 Å². The minimum absolute atomic E-state index is 0.234. The maximum Gasteiger partial charge on any atom is 0.264 e. The molecule has 0 spiro atoms. The standard InChI is InChI=1S/C21H26N2OS/c24-21(20-14-16-8-3-1-6-12-19(16)25-20)23-13-7-11-18(15-23)22-17-9-4-2-5-10-17/h2,4-5,9-10,14,18,22H,1,3,6-8,11-13,15H2. The van der Waals surface area contributed by atoms with Crippen LogP contribution in [0, 0.1) is 0 Å². The average molecular weight is 355 g/mol. The third-order valence-electron chi connectivity index (χ3n) is 5.31. The number of anilines is 1. The first-order valence-corrected chi connectivity index (χ1v) is 10.3. The van der Waals surface area contributed by atoms with Crippen molar-refractivity contribution in [3.05, 3.63) is 51.7 Å². The Hall–Kier alpha value is -1.81. The quantitative estimate of drug-likeness (QED) is 0.808. The average Bonchev–Trinajstić information content (AvgIpc) is 2.93. The number of fused-ring (bicyclic) bond motifs is 1. The van der Waals surface area contributed by atoms with Crippen LogP contribution in [0.5, 0.6) is 0 Å². The molecule has 1 saturated heterocycles. The number of thiophene rings is 1. The lowest BCUT2D eigenvalue weighted by Crippen LogP contribution is -2.44. The number of hydrogen-bond acceptors (Lipinski definition) is 3. The zero-order chi connectivity index (χ0) is 17.1. The second-order valence-electron chi connectivity index (χ2n) is 7.22. The van der Waals surface area contributed by atoms with Crippen LogP contribution in [0.1, 0.15) is 52.2 Å². The van der Waals surface area contributed by atoms with Gasteiger partial charge in [0.15, 0.2) is 0 Å². The predicted molar refractivity (Wildman–Crippen MR) is 105 cm³/mol. The molecule has 4 heteroatoms. The number of piperidine rings is 1. The molecule has 1 amide bonds. The van der Waals surface area contributed by atoms with E-state index in [-0.39, 0.29) is 5.91 Å². The smallest absolute Gasteiger partial charge is 0.264 e. The summed E-state index contributed by atoms with van der Waals surface area (Å²) in [6.07, 6.45) is 8.37. The van der Waals surface area contributed by atoms with Crippen LogP contribution in [0.4, 0.5) is 5.69 Å². The third kappa shape index (κ3) is 3.90. The number of aryl methyl sites for hydroxylation is 2. The van der Waals surface area contributed by atoms with E-state index in [9.17, 15) is 4.79 Å². The monoisotopic (exact) mass is 354 g/mol. The fourth-order valence-electron chi connectivity index (χ4n) is 3.98. The van der Waals surface area contributed by atoms with Gasteiger partial charge in [-0.3, -0.25) is 4.79 Å². The van der Waals surface area contributed by atoms with Crippen LogP contribution in [0.15, 0.2) is 36.4 Å². The number of carbonyl (C=O) groups is 1. The lowest BCUT2D eigenvalue weighted by atomic mass is 10.0. The van der Waals surface area contributed by atoms with Gasteiger partial charge in [-0.2, -0.15) is 0 Å². The minimum atomic E-state index is 0.234. The Kier molecular flexibility index (Phi) is 5.07. The lowest BCUT2D eigenvalue weighted by Gasteiger charge is -2.33. The summed E-state index contributed by atoms with van der Waals surface area (Å²) in [4.78, 5) is 17.5. The van der Waals surface area contributed by atoms with Gasteiger partial charge in [0, 0.05) is 29.7 Å². The van der Waals surface area contributed by atoms with Gasteiger partial charge in [0.1, 0.15) is 0 Å². The van der Waals surface area contributed by atoms with Crippen LogP contribution in [-0.4, -0.2) is 29.9 Å². The maximum absolute atomic E-state index is 13.0. The molecule has 1 fully saturated rings. The number of hydrogen-bond donors (Lipinski definition) is 1. The Balaban J connectivity index is 1.43. The van der Waals surface area contributed by atoms with Crippen molar-refractivity contribution in [1.82, 2.24) is 4.90 Å². The minimum Gasteiger partial charge on any atom is -0.381 e. The molecule has 2 aromatic rings. The molecule has 4 rings (SSSR count). The molecule has 0 radical (unpaired) electrons. The first kappa shape index (κ1) is 16.6. The number of benzene rings is 1. The van der Waals surface area contributed by atoms with E-state index in [4.69, 9.17) is 0 Å². The summed E-state index contributed by atoms with van der Waals surface area (Å²) < 4.78 is 0. The van der Waals surface area contributed by atoms with Gasteiger partial charge < -0.3 is 10.2 Å². The van der Waals surface area contributed by atoms with E-state index in [0.29, 0.717) is 6.04 Å². The molecule has 1 aliphatic carbocycles. The van der Waals surface area contributed by atoms with Crippen LogP contribution in [0.3, 0.4) is 0 Å². The largest absolute Gasteiger partial charge is 0.381 e. The Labute approximate surface area is 154 Å². The Morgan fingerprint density at radius 3 is 2.80 bits per heavy atom. The zero-order valence-corrected chi connectivity index (χ0v) is 15.5. The van der Waals surface area contributed by atoms with Crippen molar-refractivity contribution in [2.45, 2.75) is 51.0 Å². The number of para-hydroxylation sites is 1. The maximum atomic E-state index is 13.0. The van der Waals surface area contributed by atoms with E-state index < -0.39 is 0 Å². The van der Waals surface area contributed by atoms with Crippen LogP contribution >= 0.6 is 11.3 Å². The molecule has 132 valence electrons. The molecule has 1 atom stereocenters. The van der Waals surface area contributed by atoms with Gasteiger partial charge in [-0.1, -0.05) is 24.6 Å². The van der Waals surface area contributed by atoms with Crippen molar-refractivity contribution in [1.29, 1.82) is 0 Å². The first-order valence-electron chi connectivity index (χ1n) is 9.52. The molecule has 3 nitrogen and oxygen atoms in total. The molecule has 1 unspecified atom stereocenters. The number of carbonyl (C=O) groups excluding carboxylic acids is 1. The van der Waals surface area contributed by atoms with Gasteiger partial charge >= 0.3 is 0 Å². The molecular weight excluding hydrogens is 328 g/mol. The summed E-state index contributed by atoms with van der Waals surface area (Å²) in [5, 5.41) is 3.58. The van der Waals surface area contributed by atoms with Crippen LogP contribution < -0.4 is 5.32 Å². The van der Waals surface area contributed by atoms with E-state index in [1.165, 1.54) is 29.7 Å². The van der Waals surface area contributed by atoms with Gasteiger partial charge in [0.25, 0.3) is 5.91 Å². The van der Waals surface area contributed by atoms with Crippen LogP contribution in [0.25, 0.3) is 0 Å². The SMILES string of the molecule is O=C(c1cc2c(s1)CCCCC2)N1CCCC(Nc2ccccc2)C1. The van der Waals surface area contributed by atoms with Crippen LogP contribution in [-0.2, 0) is 12.8 Å². The summed E-state index contributed by atoms with van der Waals surface area (Å²) in [6.45, 7) is 1.69. The Morgan fingerprint density at radius 1 is 1.08 bits per heavy atom. The zero-order valence-electron chi connectivity index (χ0n) is 14.7. The van der Waals surface area contributed by atoms with E-state index in [0.717, 1.165) is 49.3 Å². The number of nitrogens with one attached hydrogen (secondary N) is 1. The van der Waals surface area contributed by atoms with Gasteiger partial charge in [-0.25, -0.2) is 0 Å². The highest BCUT2D eigenvalue weighted by atomic mass is 32.1. The molecule has 2 aliphatic rings. The first-order chi connectivity index (χ1) is 12.3. The number of rotatable bonds is 3. The second kappa shape index (κ2) is 7.61. The van der Waals surface area contributed by atoms with Crippen molar-refractivity contribution >= 4 is 22.9 Å². The van der Waals surface area contributed by atoms with E-state index in [1.807, 2.05) is 18.2 Å². The molecular formula is C21H26N2OS. The number of nitrogens with zero attached hydrogens (tertiary/aromatic N) is 1. The van der Waals surface area contributed by atoms with E-state index in [2.05, 4.69) is 28.4 Å². The van der Waals surface area contributed by atoms with E-state index >= 15 is 0 Å². The van der Waals surface area contributed by atoms with Gasteiger partial charge in [0.05, 0.1) is 4.88 Å². The molecule has 0 saturated carbocycles. The molecule has 1 aromatic heterocycles. The molecule has 1 aromatic carbocycles. The highest BCUT2D eigenvalue weighted by molar-refractivity contribution is 7.14. The normalized spacial score (nSPS) is 20.6. The molecule has 1 N–H and O–H groups in total. The van der Waals surface area contributed by atoms with Crippen molar-refractivity contribution < 1.29 is 4.79 Å². The fraction of sp³-hybridized carbons (Fsp3) is 0.476. The summed E-state index contributed by atoms with van der Waals surface area (Å²) in [7, 11) is 0. The summed E-state index contributed by atoms with van der Waals surface area (Å²) >= 11 is 1.74. The highest BCUT2D eigenvalue weighted by Gasteiger charge is 2.26. The lowest BCUT2D eigenvalue weighted by molar-refractivity contribution is 0.0719. The van der Waals surface area contributed by atoms with E-state index in [1.54, 1.807) is 11.3 Å². The van der Waals surface area contributed by atoms with Crippen molar-refractivity contribution in [3.8, 4) is 0 Å². The number of amides is 1. The highest BCUT2D eigenvalue weighted by Crippen LogP contribution is 2.30. The molecule has 0 bridgehead atoms. The Bertz CT molecular complexity index is 701. The Morgan fingerprint density at radius 2 is 1.92 bits per heavy atom. The number of likely N-dealkylation sites (tertiary alicyclic amines) is 1. The summed E-state index contributed by atoms with van der Waals surface area (Å²) in [6, 6.07) is 12.8. The summed E-state index contributed by atoms with van der Waals surface area (Å²) in [5.41, 5.74) is 2.58. The van der Waals surface area contributed by atoms with Crippen LogP contribution in [0.2, 0.25) is 0 Å². The van der Waals surface area contributed by atoms with Crippen molar-refractivity contribution in [2.75, 3.05) is 18.4 Å². The fourth-order valence-corrected chi connectivity index (χ4v) is 5.20. The third-order valence-corrected chi connectivity index (χ3v) is 6.54. The molecule has 2 heterocycles. The molecule has 1 aliphatic heterocycles. The summed E-state index contributed by atoms with van der Waals surface area (Å²) in [5.74, 6) is 0.234. The van der Waals surface area contributed by atoms with Gasteiger partial charge in [0.2, 0.25) is 0 Å². The van der Waals surface area contributed by atoms with Gasteiger partial charge in [-0.05, 0) is 62.3 Å². The molecule has 25 heavy (non-hydrogen) atoms. The second-order valence-corrected chi connectivity index (χ2v) is 8.36. The topological polar surface area (TPSA) is 32.3 Å².